The van der Waals surface area contributed by atoms with E-state index in [2.05, 4.69) is 58.8 Å². The zero-order chi connectivity index (χ0) is 17.1. The lowest BCUT2D eigenvalue weighted by Crippen LogP contribution is -2.59. The summed E-state index contributed by atoms with van der Waals surface area (Å²) in [6, 6.07) is 18.7. The van der Waals surface area contributed by atoms with Gasteiger partial charge in [0.25, 0.3) is 0 Å². The Bertz CT molecular complexity index is 948. The predicted molar refractivity (Wildman–Crippen MR) is 107 cm³/mol. The van der Waals surface area contributed by atoms with Gasteiger partial charge in [0.15, 0.2) is 0 Å². The quantitative estimate of drug-likeness (QED) is 0.626. The lowest BCUT2D eigenvalue weighted by Gasteiger charge is -2.56. The minimum absolute atomic E-state index is 0.434. The Morgan fingerprint density at radius 3 is 2.88 bits per heavy atom. The van der Waals surface area contributed by atoms with Gasteiger partial charge in [-0.25, -0.2) is 0 Å². The van der Waals surface area contributed by atoms with Gasteiger partial charge in [0, 0.05) is 33.6 Å². The fourth-order valence-corrected chi connectivity index (χ4v) is 6.43. The number of benzene rings is 2. The third kappa shape index (κ3) is 1.97. The molecule has 2 N–H and O–H groups in total. The highest BCUT2D eigenvalue weighted by Gasteiger charge is 2.51. The van der Waals surface area contributed by atoms with E-state index in [0.717, 1.165) is 5.92 Å². The average Bonchev–Trinajstić information content (AvgIpc) is 3.11. The maximum Gasteiger partial charge on any atom is 0.0467 e. The summed E-state index contributed by atoms with van der Waals surface area (Å²) < 4.78 is 0. The maximum atomic E-state index is 3.88. The fourth-order valence-electron chi connectivity index (χ4n) is 6.43. The van der Waals surface area contributed by atoms with Crippen molar-refractivity contribution in [2.24, 2.45) is 5.92 Å². The van der Waals surface area contributed by atoms with Crippen LogP contribution in [0, 0.1) is 5.92 Å². The molecule has 0 spiro atoms. The number of rotatable bonds is 1. The van der Waals surface area contributed by atoms with E-state index >= 15 is 0 Å². The highest BCUT2D eigenvalue weighted by molar-refractivity contribution is 5.86. The molecule has 1 saturated heterocycles. The van der Waals surface area contributed by atoms with Gasteiger partial charge < -0.3 is 10.3 Å². The van der Waals surface area contributed by atoms with Crippen molar-refractivity contribution in [1.29, 1.82) is 0 Å². The number of hydrogen-bond acceptors (Lipinski definition) is 1. The van der Waals surface area contributed by atoms with Crippen LogP contribution in [0.2, 0.25) is 0 Å². The summed E-state index contributed by atoms with van der Waals surface area (Å²) in [5, 5.41) is 5.19. The molecular formula is C24H26N2. The Kier molecular flexibility index (Phi) is 3.16. The molecule has 26 heavy (non-hydrogen) atoms. The van der Waals surface area contributed by atoms with Gasteiger partial charge in [0.2, 0.25) is 0 Å². The maximum absolute atomic E-state index is 3.88. The first-order valence-electron chi connectivity index (χ1n) is 10.3. The van der Waals surface area contributed by atoms with E-state index in [0.29, 0.717) is 11.5 Å². The van der Waals surface area contributed by atoms with Crippen LogP contribution >= 0.6 is 0 Å². The Morgan fingerprint density at radius 2 is 1.92 bits per heavy atom. The van der Waals surface area contributed by atoms with E-state index in [1.54, 1.807) is 11.1 Å². The molecular weight excluding hydrogens is 316 g/mol. The third-order valence-electron chi connectivity index (χ3n) is 7.52. The van der Waals surface area contributed by atoms with Crippen molar-refractivity contribution in [3.05, 3.63) is 59.7 Å². The SMILES string of the molecule is c1cc(-c2cc3ccccc3[nH]2)c2c(c1)[C@@]13CCCC[C@H]1[C@@H](C2)NCC3. The summed E-state index contributed by atoms with van der Waals surface area (Å²) in [7, 11) is 0. The molecule has 2 bridgehead atoms. The zero-order valence-electron chi connectivity index (χ0n) is 15.2. The molecule has 3 aliphatic rings. The molecule has 3 aromatic rings. The van der Waals surface area contributed by atoms with E-state index in [4.69, 9.17) is 0 Å². The van der Waals surface area contributed by atoms with Crippen molar-refractivity contribution in [1.82, 2.24) is 10.3 Å². The molecule has 2 aromatic carbocycles. The standard InChI is InChI=1S/C24H26N2/c1-2-10-21-16(6-1)14-22(26-21)17-7-5-9-19-18(17)15-23-20-8-3-4-11-24(19,20)12-13-25-23/h1-2,5-7,9-10,14,20,23,25-26H,3-4,8,11-13,15H2/t20-,23+,24-/m0/s1. The number of aromatic amines is 1. The number of hydrogen-bond donors (Lipinski definition) is 2. The summed E-state index contributed by atoms with van der Waals surface area (Å²) >= 11 is 0. The van der Waals surface area contributed by atoms with Crippen molar-refractivity contribution < 1.29 is 0 Å². The minimum Gasteiger partial charge on any atom is -0.355 e. The molecule has 3 atom stereocenters. The summed E-state index contributed by atoms with van der Waals surface area (Å²) in [6.07, 6.45) is 8.12. The monoisotopic (exact) mass is 342 g/mol. The van der Waals surface area contributed by atoms with Crippen LogP contribution in [0.25, 0.3) is 22.2 Å². The molecule has 2 nitrogen and oxygen atoms in total. The van der Waals surface area contributed by atoms with Crippen molar-refractivity contribution >= 4 is 10.9 Å². The van der Waals surface area contributed by atoms with Crippen molar-refractivity contribution in [2.75, 3.05) is 6.54 Å². The Balaban J connectivity index is 1.56. The number of nitrogens with one attached hydrogen (secondary N) is 2. The topological polar surface area (TPSA) is 27.8 Å². The molecule has 2 heterocycles. The highest BCUT2D eigenvalue weighted by atomic mass is 15.0. The second-order valence-corrected chi connectivity index (χ2v) is 8.63. The second-order valence-electron chi connectivity index (χ2n) is 8.63. The van der Waals surface area contributed by atoms with Gasteiger partial charge in [-0.2, -0.15) is 0 Å². The Hall–Kier alpha value is -2.06. The predicted octanol–water partition coefficient (Wildman–Crippen LogP) is 5.18. The van der Waals surface area contributed by atoms with E-state index in [1.165, 1.54) is 67.2 Å². The van der Waals surface area contributed by atoms with Gasteiger partial charge in [0.05, 0.1) is 0 Å². The number of aromatic nitrogens is 1. The van der Waals surface area contributed by atoms with E-state index in [1.807, 2.05) is 0 Å². The molecule has 1 saturated carbocycles. The van der Waals surface area contributed by atoms with Crippen LogP contribution in [0.3, 0.4) is 0 Å². The number of para-hydroxylation sites is 1. The largest absolute Gasteiger partial charge is 0.355 e. The fraction of sp³-hybridized carbons (Fsp3) is 0.417. The van der Waals surface area contributed by atoms with Gasteiger partial charge in [-0.3, -0.25) is 0 Å². The molecule has 1 aliphatic heterocycles. The first-order valence-corrected chi connectivity index (χ1v) is 10.3. The summed E-state index contributed by atoms with van der Waals surface area (Å²) in [6.45, 7) is 1.19. The van der Waals surface area contributed by atoms with Crippen LogP contribution < -0.4 is 5.32 Å². The number of fused-ring (bicyclic) bond motifs is 2. The van der Waals surface area contributed by atoms with Gasteiger partial charge in [-0.1, -0.05) is 49.2 Å². The molecule has 1 aromatic heterocycles. The minimum atomic E-state index is 0.434. The van der Waals surface area contributed by atoms with Gasteiger partial charge in [-0.05, 0) is 61.4 Å². The van der Waals surface area contributed by atoms with Crippen LogP contribution in [-0.2, 0) is 11.8 Å². The van der Waals surface area contributed by atoms with Crippen LogP contribution in [0.4, 0.5) is 0 Å². The zero-order valence-corrected chi connectivity index (χ0v) is 15.2. The van der Waals surface area contributed by atoms with E-state index in [9.17, 15) is 0 Å². The van der Waals surface area contributed by atoms with Gasteiger partial charge in [0.1, 0.15) is 0 Å². The molecule has 2 aliphatic carbocycles. The molecule has 2 fully saturated rings. The molecule has 0 amide bonds. The molecule has 0 radical (unpaired) electrons. The first kappa shape index (κ1) is 15.0. The molecule has 2 heteroatoms. The van der Waals surface area contributed by atoms with Gasteiger partial charge >= 0.3 is 0 Å². The molecule has 132 valence electrons. The van der Waals surface area contributed by atoms with Crippen molar-refractivity contribution in [2.45, 2.75) is 50.0 Å². The highest BCUT2D eigenvalue weighted by Crippen LogP contribution is 2.55. The Labute approximate surface area is 155 Å². The second kappa shape index (κ2) is 5.47. The van der Waals surface area contributed by atoms with E-state index in [-0.39, 0.29) is 0 Å². The normalized spacial score (nSPS) is 30.0. The average molecular weight is 342 g/mol. The summed E-state index contributed by atoms with van der Waals surface area (Å²) in [5.41, 5.74) is 7.67. The molecule has 6 rings (SSSR count). The lowest BCUT2D eigenvalue weighted by atomic mass is 9.52. The van der Waals surface area contributed by atoms with Gasteiger partial charge in [-0.15, -0.1) is 0 Å². The Morgan fingerprint density at radius 1 is 0.962 bits per heavy atom. The lowest BCUT2D eigenvalue weighted by molar-refractivity contribution is 0.0799. The number of piperidine rings is 1. The van der Waals surface area contributed by atoms with Crippen LogP contribution in [0.5, 0.6) is 0 Å². The first-order chi connectivity index (χ1) is 12.9. The third-order valence-corrected chi connectivity index (χ3v) is 7.52. The van der Waals surface area contributed by atoms with Crippen molar-refractivity contribution in [3.8, 4) is 11.3 Å². The molecule has 0 unspecified atom stereocenters. The number of H-pyrrole nitrogens is 1. The summed E-state index contributed by atoms with van der Waals surface area (Å²) in [5.74, 6) is 0.843. The summed E-state index contributed by atoms with van der Waals surface area (Å²) in [4.78, 5) is 3.68. The van der Waals surface area contributed by atoms with Crippen LogP contribution in [0.1, 0.15) is 43.2 Å². The smallest absolute Gasteiger partial charge is 0.0467 e. The van der Waals surface area contributed by atoms with Crippen LogP contribution in [0.15, 0.2) is 48.5 Å². The van der Waals surface area contributed by atoms with Crippen LogP contribution in [-0.4, -0.2) is 17.6 Å². The van der Waals surface area contributed by atoms with E-state index < -0.39 is 0 Å². The van der Waals surface area contributed by atoms with Crippen molar-refractivity contribution in [3.63, 3.8) is 0 Å².